The largest absolute Gasteiger partial charge is 0.390 e. The van der Waals surface area contributed by atoms with Gasteiger partial charge in [-0.25, -0.2) is 4.79 Å². The number of benzene rings is 2. The smallest absolute Gasteiger partial charge is 0.325 e. The van der Waals surface area contributed by atoms with Crippen LogP contribution in [0, 0.1) is 0 Å². The highest BCUT2D eigenvalue weighted by atomic mass is 16.5. The Morgan fingerprint density at radius 3 is 2.61 bits per heavy atom. The van der Waals surface area contributed by atoms with E-state index < -0.39 is 17.7 Å². The van der Waals surface area contributed by atoms with Crippen LogP contribution in [0.5, 0.6) is 0 Å². The summed E-state index contributed by atoms with van der Waals surface area (Å²) in [5, 5.41) is 15.2. The predicted molar refractivity (Wildman–Crippen MR) is 105 cm³/mol. The fraction of sp³-hybridized carbons (Fsp3) is 0.429. The number of fused-ring (bicyclic) bond motifs is 1. The Morgan fingerprint density at radius 1 is 1.11 bits per heavy atom. The van der Waals surface area contributed by atoms with E-state index >= 15 is 0 Å². The van der Waals surface area contributed by atoms with E-state index in [0.29, 0.717) is 19.8 Å². The zero-order valence-electron chi connectivity index (χ0n) is 15.9. The monoisotopic (exact) mass is 383 g/mol. The van der Waals surface area contributed by atoms with Crippen LogP contribution in [-0.2, 0) is 15.1 Å². The van der Waals surface area contributed by atoms with Crippen LogP contribution in [0.1, 0.15) is 12.5 Å². The first-order valence-electron chi connectivity index (χ1n) is 9.59. The highest BCUT2D eigenvalue weighted by Gasteiger charge is 2.50. The van der Waals surface area contributed by atoms with Gasteiger partial charge in [-0.15, -0.1) is 0 Å². The molecule has 2 aromatic rings. The Hall–Kier alpha value is -2.48. The minimum absolute atomic E-state index is 0.0254. The van der Waals surface area contributed by atoms with Crippen molar-refractivity contribution in [3.63, 3.8) is 0 Å². The molecule has 0 saturated carbocycles. The van der Waals surface area contributed by atoms with Gasteiger partial charge in [-0.3, -0.25) is 14.6 Å². The molecule has 2 atom stereocenters. The maximum absolute atomic E-state index is 13.2. The van der Waals surface area contributed by atoms with Crippen molar-refractivity contribution in [1.82, 2.24) is 15.1 Å². The van der Waals surface area contributed by atoms with E-state index in [1.165, 1.54) is 0 Å². The van der Waals surface area contributed by atoms with Crippen LogP contribution in [0.15, 0.2) is 42.5 Å². The maximum atomic E-state index is 13.2. The van der Waals surface area contributed by atoms with E-state index in [2.05, 4.69) is 10.2 Å². The van der Waals surface area contributed by atoms with Crippen LogP contribution in [0.2, 0.25) is 0 Å². The van der Waals surface area contributed by atoms with E-state index in [1.54, 1.807) is 6.92 Å². The molecule has 2 aliphatic rings. The molecule has 7 heteroatoms. The molecule has 28 heavy (non-hydrogen) atoms. The second kappa shape index (κ2) is 7.50. The molecule has 0 aliphatic carbocycles. The second-order valence-corrected chi connectivity index (χ2v) is 7.56. The van der Waals surface area contributed by atoms with Gasteiger partial charge in [0.05, 0.1) is 25.9 Å². The number of rotatable bonds is 5. The first kappa shape index (κ1) is 18.9. The minimum atomic E-state index is -1.16. The lowest BCUT2D eigenvalue weighted by molar-refractivity contribution is -0.132. The van der Waals surface area contributed by atoms with Gasteiger partial charge in [-0.2, -0.15) is 0 Å². The molecule has 2 aliphatic heterocycles. The fourth-order valence-corrected chi connectivity index (χ4v) is 4.06. The maximum Gasteiger partial charge on any atom is 0.325 e. The van der Waals surface area contributed by atoms with Crippen molar-refractivity contribution < 1.29 is 19.4 Å². The molecule has 2 saturated heterocycles. The molecule has 0 bridgehead atoms. The number of ether oxygens (including phenoxy) is 1. The van der Waals surface area contributed by atoms with Gasteiger partial charge in [0.25, 0.3) is 5.91 Å². The summed E-state index contributed by atoms with van der Waals surface area (Å²) in [4.78, 5) is 29.0. The van der Waals surface area contributed by atoms with Crippen molar-refractivity contribution in [2.45, 2.75) is 18.6 Å². The lowest BCUT2D eigenvalue weighted by Crippen LogP contribution is -2.46. The summed E-state index contributed by atoms with van der Waals surface area (Å²) in [6.45, 7) is 4.86. The molecule has 7 nitrogen and oxygen atoms in total. The molecular weight excluding hydrogens is 358 g/mol. The molecular formula is C21H25N3O4. The number of carbonyl (C=O) groups is 2. The number of amides is 3. The minimum Gasteiger partial charge on any atom is -0.390 e. The summed E-state index contributed by atoms with van der Waals surface area (Å²) in [5.41, 5.74) is -0.398. The van der Waals surface area contributed by atoms with Gasteiger partial charge in [0.15, 0.2) is 0 Å². The van der Waals surface area contributed by atoms with Gasteiger partial charge < -0.3 is 15.2 Å². The van der Waals surface area contributed by atoms with Crippen molar-refractivity contribution in [1.29, 1.82) is 0 Å². The van der Waals surface area contributed by atoms with Gasteiger partial charge in [0.2, 0.25) is 0 Å². The van der Waals surface area contributed by atoms with Gasteiger partial charge in [0.1, 0.15) is 5.54 Å². The Bertz CT molecular complexity index is 891. The first-order chi connectivity index (χ1) is 13.5. The topological polar surface area (TPSA) is 82.1 Å². The number of carbonyl (C=O) groups excluding carboxylic acids is 2. The van der Waals surface area contributed by atoms with Crippen molar-refractivity contribution in [3.05, 3.63) is 48.0 Å². The molecule has 0 spiro atoms. The van der Waals surface area contributed by atoms with Gasteiger partial charge in [-0.05, 0) is 23.3 Å². The standard InChI is InChI=1S/C21H25N3O4/c1-21(18-8-4-6-15-5-2-3-7-17(15)18)19(26)24(20(27)22-21)14-16(25)13-23-9-11-28-12-10-23/h2-8,16,25H,9-14H2,1H3,(H,22,27)/t16-,21-/m0/s1. The third kappa shape index (κ3) is 3.37. The quantitative estimate of drug-likeness (QED) is 0.761. The van der Waals surface area contributed by atoms with Crippen LogP contribution >= 0.6 is 0 Å². The number of β-amino-alcohol motifs (C(OH)–C–C–N with tert-alkyl or cyclic N) is 1. The number of aliphatic hydroxyl groups excluding tert-OH is 1. The lowest BCUT2D eigenvalue weighted by atomic mass is 9.88. The van der Waals surface area contributed by atoms with E-state index in [4.69, 9.17) is 4.74 Å². The highest BCUT2D eigenvalue weighted by molar-refractivity contribution is 6.09. The molecule has 0 radical (unpaired) electrons. The molecule has 0 aromatic heterocycles. The van der Waals surface area contributed by atoms with Gasteiger partial charge in [0, 0.05) is 19.6 Å². The summed E-state index contributed by atoms with van der Waals surface area (Å²) in [7, 11) is 0. The van der Waals surface area contributed by atoms with Crippen molar-refractivity contribution in [2.75, 3.05) is 39.4 Å². The van der Waals surface area contributed by atoms with Crippen LogP contribution in [-0.4, -0.2) is 72.3 Å². The Kier molecular flexibility index (Phi) is 5.05. The van der Waals surface area contributed by atoms with E-state index in [-0.39, 0.29) is 12.5 Å². The predicted octanol–water partition coefficient (Wildman–Crippen LogP) is 1.30. The van der Waals surface area contributed by atoms with E-state index in [9.17, 15) is 14.7 Å². The second-order valence-electron chi connectivity index (χ2n) is 7.56. The summed E-state index contributed by atoms with van der Waals surface area (Å²) in [6.07, 6.45) is -0.803. The van der Waals surface area contributed by atoms with Gasteiger partial charge >= 0.3 is 6.03 Å². The molecule has 2 fully saturated rings. The molecule has 3 amide bonds. The lowest BCUT2D eigenvalue weighted by Gasteiger charge is -2.29. The summed E-state index contributed by atoms with van der Waals surface area (Å²) >= 11 is 0. The molecule has 2 heterocycles. The number of imide groups is 1. The zero-order chi connectivity index (χ0) is 19.7. The van der Waals surface area contributed by atoms with Crippen LogP contribution in [0.3, 0.4) is 0 Å². The molecule has 148 valence electrons. The summed E-state index contributed by atoms with van der Waals surface area (Å²) in [5.74, 6) is -0.338. The van der Waals surface area contributed by atoms with Crippen molar-refractivity contribution in [2.24, 2.45) is 0 Å². The zero-order valence-corrected chi connectivity index (χ0v) is 15.9. The molecule has 2 N–H and O–H groups in total. The SMILES string of the molecule is C[C@@]1(c2cccc3ccccc23)NC(=O)N(C[C@@H](O)CN2CCOCC2)C1=O. The fourth-order valence-electron chi connectivity index (χ4n) is 4.06. The third-order valence-electron chi connectivity index (χ3n) is 5.57. The van der Waals surface area contributed by atoms with Crippen LogP contribution in [0.25, 0.3) is 10.8 Å². The summed E-state index contributed by atoms with van der Waals surface area (Å²) < 4.78 is 5.31. The Morgan fingerprint density at radius 2 is 1.82 bits per heavy atom. The third-order valence-corrected chi connectivity index (χ3v) is 5.57. The normalized spacial score (nSPS) is 24.6. The number of nitrogens with one attached hydrogen (secondary N) is 1. The van der Waals surface area contributed by atoms with Gasteiger partial charge in [-0.1, -0.05) is 42.5 Å². The Labute approximate surface area is 163 Å². The number of hydrogen-bond donors (Lipinski definition) is 2. The number of urea groups is 1. The highest BCUT2D eigenvalue weighted by Crippen LogP contribution is 2.33. The van der Waals surface area contributed by atoms with Crippen molar-refractivity contribution in [3.8, 4) is 0 Å². The number of nitrogens with zero attached hydrogens (tertiary/aromatic N) is 2. The molecule has 2 aromatic carbocycles. The van der Waals surface area contributed by atoms with E-state index in [1.807, 2.05) is 42.5 Å². The Balaban J connectivity index is 1.54. The average Bonchev–Trinajstić information content (AvgIpc) is 2.92. The van der Waals surface area contributed by atoms with E-state index in [0.717, 1.165) is 34.3 Å². The average molecular weight is 383 g/mol. The van der Waals surface area contributed by atoms with Crippen LogP contribution < -0.4 is 5.32 Å². The number of hydrogen-bond acceptors (Lipinski definition) is 5. The summed E-state index contributed by atoms with van der Waals surface area (Å²) in [6, 6.07) is 13.1. The van der Waals surface area contributed by atoms with Crippen molar-refractivity contribution >= 4 is 22.7 Å². The number of aliphatic hydroxyl groups is 1. The number of morpholine rings is 1. The van der Waals surface area contributed by atoms with Crippen LogP contribution in [0.4, 0.5) is 4.79 Å². The molecule has 0 unspecified atom stereocenters. The molecule has 4 rings (SSSR count). The first-order valence-corrected chi connectivity index (χ1v) is 9.59.